The molecule has 0 spiro atoms. The number of aromatic nitrogens is 1. The van der Waals surface area contributed by atoms with E-state index in [0.717, 1.165) is 30.8 Å². The van der Waals surface area contributed by atoms with Crippen molar-refractivity contribution in [2.45, 2.75) is 0 Å². The maximum atomic E-state index is 5.59. The molecule has 2 nitrogen and oxygen atoms in total. The Morgan fingerprint density at radius 1 is 0.789 bits per heavy atom. The molecule has 0 saturated carbocycles. The third kappa shape index (κ3) is 1.63. The number of rotatable bonds is 0. The van der Waals surface area contributed by atoms with Crippen molar-refractivity contribution in [3.8, 4) is 0 Å². The minimum atomic E-state index is 0.835. The highest BCUT2D eigenvalue weighted by molar-refractivity contribution is 9.10. The molecule has 1 aromatic heterocycles. The van der Waals surface area contributed by atoms with Crippen LogP contribution in [0.3, 0.4) is 0 Å². The maximum absolute atomic E-state index is 5.59. The normalized spacial score (nSPS) is 11.7. The van der Waals surface area contributed by atoms with Gasteiger partial charge in [-0.1, -0.05) is 44.0 Å². The molecule has 0 bridgehead atoms. The van der Waals surface area contributed by atoms with Crippen molar-refractivity contribution >= 4 is 64.5 Å². The molecule has 0 aliphatic carbocycles. The minimum absolute atomic E-state index is 0.835. The van der Waals surface area contributed by atoms with Crippen LogP contribution < -0.4 is 0 Å². The molecular formula is C15H7Br2NO. The zero-order chi connectivity index (χ0) is 13.0. The molecule has 0 amide bonds. The fourth-order valence-corrected chi connectivity index (χ4v) is 3.24. The zero-order valence-electron chi connectivity index (χ0n) is 9.65. The summed E-state index contributed by atoms with van der Waals surface area (Å²) in [7, 11) is 0. The fraction of sp³-hybridized carbons (Fsp3) is 0. The molecule has 4 rings (SSSR count). The molecule has 0 radical (unpaired) electrons. The summed E-state index contributed by atoms with van der Waals surface area (Å²) >= 11 is 7.03. The predicted molar refractivity (Wildman–Crippen MR) is 84.4 cm³/mol. The second kappa shape index (κ2) is 4.05. The van der Waals surface area contributed by atoms with E-state index < -0.39 is 0 Å². The molecule has 92 valence electrons. The lowest BCUT2D eigenvalue weighted by atomic mass is 10.0. The second-order valence-corrected chi connectivity index (χ2v) is 6.24. The summed E-state index contributed by atoms with van der Waals surface area (Å²) in [5.41, 5.74) is 1.74. The zero-order valence-corrected chi connectivity index (χ0v) is 12.8. The SMILES string of the molecule is Brc1ccc2c3ccc(Br)cc3c3ocnc3c2c1. The van der Waals surface area contributed by atoms with Crippen LogP contribution in [0.15, 0.2) is 56.2 Å². The van der Waals surface area contributed by atoms with E-state index in [4.69, 9.17) is 4.42 Å². The van der Waals surface area contributed by atoms with Gasteiger partial charge in [-0.3, -0.25) is 0 Å². The Balaban J connectivity index is 2.40. The van der Waals surface area contributed by atoms with E-state index in [0.29, 0.717) is 0 Å². The topological polar surface area (TPSA) is 26.0 Å². The third-order valence-corrected chi connectivity index (χ3v) is 4.31. The first-order chi connectivity index (χ1) is 9.24. The molecule has 0 N–H and O–H groups in total. The largest absolute Gasteiger partial charge is 0.443 e. The van der Waals surface area contributed by atoms with Gasteiger partial charge in [0.15, 0.2) is 12.0 Å². The van der Waals surface area contributed by atoms with Crippen molar-refractivity contribution in [1.29, 1.82) is 0 Å². The number of oxazole rings is 1. The Hall–Kier alpha value is -1.39. The van der Waals surface area contributed by atoms with E-state index in [9.17, 15) is 0 Å². The second-order valence-electron chi connectivity index (χ2n) is 4.41. The Bertz CT molecular complexity index is 867. The summed E-state index contributed by atoms with van der Waals surface area (Å²) in [6.07, 6.45) is 1.51. The van der Waals surface area contributed by atoms with Crippen molar-refractivity contribution in [2.75, 3.05) is 0 Å². The van der Waals surface area contributed by atoms with Gasteiger partial charge in [0, 0.05) is 19.7 Å². The molecule has 0 aliphatic heterocycles. The van der Waals surface area contributed by atoms with Crippen LogP contribution in [0, 0.1) is 0 Å². The average molecular weight is 377 g/mol. The molecule has 0 unspecified atom stereocenters. The van der Waals surface area contributed by atoms with Crippen LogP contribution in [0.5, 0.6) is 0 Å². The molecule has 3 aromatic carbocycles. The summed E-state index contributed by atoms with van der Waals surface area (Å²) in [5, 5.41) is 4.55. The number of hydrogen-bond acceptors (Lipinski definition) is 2. The lowest BCUT2D eigenvalue weighted by Gasteiger charge is -2.06. The Morgan fingerprint density at radius 3 is 2.16 bits per heavy atom. The standard InChI is InChI=1S/C15H7Br2NO/c16-8-1-3-10-11-4-2-9(17)6-13(11)15-14(12(10)5-8)18-7-19-15/h1-7H. The molecule has 0 saturated heterocycles. The van der Waals surface area contributed by atoms with Crippen molar-refractivity contribution in [1.82, 2.24) is 4.98 Å². The molecule has 4 heteroatoms. The molecule has 0 fully saturated rings. The Kier molecular flexibility index (Phi) is 2.44. The number of fused-ring (bicyclic) bond motifs is 6. The van der Waals surface area contributed by atoms with Crippen molar-refractivity contribution < 1.29 is 4.42 Å². The summed E-state index contributed by atoms with van der Waals surface area (Å²) < 4.78 is 7.67. The van der Waals surface area contributed by atoms with Crippen molar-refractivity contribution in [3.05, 3.63) is 51.7 Å². The molecule has 0 aliphatic rings. The number of nitrogens with zero attached hydrogens (tertiary/aromatic N) is 1. The van der Waals surface area contributed by atoms with Crippen LogP contribution in [0.1, 0.15) is 0 Å². The van der Waals surface area contributed by atoms with Crippen LogP contribution in [0.4, 0.5) is 0 Å². The molecule has 0 atom stereocenters. The minimum Gasteiger partial charge on any atom is -0.443 e. The quantitative estimate of drug-likeness (QED) is 0.370. The highest BCUT2D eigenvalue weighted by Gasteiger charge is 2.12. The summed E-state index contributed by atoms with van der Waals surface area (Å²) in [6.45, 7) is 0. The van der Waals surface area contributed by atoms with E-state index in [2.05, 4.69) is 67.2 Å². The highest BCUT2D eigenvalue weighted by Crippen LogP contribution is 2.36. The van der Waals surface area contributed by atoms with Gasteiger partial charge in [0.25, 0.3) is 0 Å². The molecule has 19 heavy (non-hydrogen) atoms. The van der Waals surface area contributed by atoms with Crippen LogP contribution in [0.2, 0.25) is 0 Å². The van der Waals surface area contributed by atoms with E-state index in [-0.39, 0.29) is 0 Å². The lowest BCUT2D eigenvalue weighted by Crippen LogP contribution is -1.82. The first-order valence-corrected chi connectivity index (χ1v) is 7.36. The number of hydrogen-bond donors (Lipinski definition) is 0. The van der Waals surface area contributed by atoms with E-state index in [1.807, 2.05) is 6.07 Å². The molecule has 1 heterocycles. The molecule has 4 aromatic rings. The lowest BCUT2D eigenvalue weighted by molar-refractivity contribution is 0.605. The van der Waals surface area contributed by atoms with E-state index in [1.54, 1.807) is 0 Å². The average Bonchev–Trinajstić information content (AvgIpc) is 2.88. The van der Waals surface area contributed by atoms with Gasteiger partial charge in [-0.05, 0) is 35.0 Å². The van der Waals surface area contributed by atoms with Gasteiger partial charge in [-0.15, -0.1) is 0 Å². The van der Waals surface area contributed by atoms with E-state index >= 15 is 0 Å². The van der Waals surface area contributed by atoms with Crippen LogP contribution in [0.25, 0.3) is 32.6 Å². The van der Waals surface area contributed by atoms with Gasteiger partial charge >= 0.3 is 0 Å². The van der Waals surface area contributed by atoms with E-state index in [1.165, 1.54) is 17.2 Å². The maximum Gasteiger partial charge on any atom is 0.182 e. The van der Waals surface area contributed by atoms with Gasteiger partial charge in [0.05, 0.1) is 0 Å². The molecular weight excluding hydrogens is 370 g/mol. The third-order valence-electron chi connectivity index (χ3n) is 3.32. The Labute approximate surface area is 125 Å². The summed E-state index contributed by atoms with van der Waals surface area (Å²) in [5.74, 6) is 0. The van der Waals surface area contributed by atoms with Crippen LogP contribution >= 0.6 is 31.9 Å². The summed E-state index contributed by atoms with van der Waals surface area (Å²) in [6, 6.07) is 12.5. The summed E-state index contributed by atoms with van der Waals surface area (Å²) in [4.78, 5) is 4.36. The van der Waals surface area contributed by atoms with Gasteiger partial charge < -0.3 is 4.42 Å². The van der Waals surface area contributed by atoms with Crippen molar-refractivity contribution in [3.63, 3.8) is 0 Å². The highest BCUT2D eigenvalue weighted by atomic mass is 79.9. The van der Waals surface area contributed by atoms with Crippen LogP contribution in [-0.2, 0) is 0 Å². The first kappa shape index (κ1) is 11.4. The van der Waals surface area contributed by atoms with Gasteiger partial charge in [-0.25, -0.2) is 4.98 Å². The number of halogens is 2. The van der Waals surface area contributed by atoms with Crippen LogP contribution in [-0.4, -0.2) is 4.98 Å². The Morgan fingerprint density at radius 2 is 1.42 bits per heavy atom. The monoisotopic (exact) mass is 375 g/mol. The van der Waals surface area contributed by atoms with Gasteiger partial charge in [-0.2, -0.15) is 0 Å². The predicted octanol–water partition coefficient (Wildman–Crippen LogP) is 5.66. The van der Waals surface area contributed by atoms with Gasteiger partial charge in [0.2, 0.25) is 0 Å². The smallest absolute Gasteiger partial charge is 0.182 e. The fourth-order valence-electron chi connectivity index (χ4n) is 2.52. The number of benzene rings is 3. The first-order valence-electron chi connectivity index (χ1n) is 5.78. The van der Waals surface area contributed by atoms with Gasteiger partial charge in [0.1, 0.15) is 5.52 Å². The van der Waals surface area contributed by atoms with Crippen molar-refractivity contribution in [2.24, 2.45) is 0 Å².